The maximum Gasteiger partial charge on any atom is 0.123 e. The van der Waals surface area contributed by atoms with Gasteiger partial charge in [-0.15, -0.1) is 0 Å². The number of nitrogens with zero attached hydrogens (tertiary/aromatic N) is 4. The summed E-state index contributed by atoms with van der Waals surface area (Å²) in [6.07, 6.45) is 1.90. The lowest BCUT2D eigenvalue weighted by atomic mass is 9.91. The quantitative estimate of drug-likeness (QED) is 0.734. The molecule has 1 aromatic rings. The topological polar surface area (TPSA) is 22.1 Å². The van der Waals surface area contributed by atoms with Gasteiger partial charge in [0.15, 0.2) is 0 Å². The van der Waals surface area contributed by atoms with Crippen LogP contribution < -0.4 is 0 Å². The van der Waals surface area contributed by atoms with Crippen molar-refractivity contribution in [2.24, 2.45) is 4.99 Å². The Bertz CT molecular complexity index is 475. The lowest BCUT2D eigenvalue weighted by Gasteiger charge is -2.59. The van der Waals surface area contributed by atoms with Gasteiger partial charge in [0.2, 0.25) is 0 Å². The van der Waals surface area contributed by atoms with Crippen LogP contribution in [0, 0.1) is 5.82 Å². The van der Waals surface area contributed by atoms with E-state index in [9.17, 15) is 4.39 Å². The third-order valence-electron chi connectivity index (χ3n) is 4.11. The maximum absolute atomic E-state index is 12.9. The van der Waals surface area contributed by atoms with Crippen molar-refractivity contribution in [1.29, 1.82) is 0 Å². The van der Waals surface area contributed by atoms with Crippen LogP contribution in [-0.4, -0.2) is 66.1 Å². The van der Waals surface area contributed by atoms with Crippen LogP contribution in [0.4, 0.5) is 4.39 Å². The second kappa shape index (κ2) is 4.10. The van der Waals surface area contributed by atoms with Gasteiger partial charge in [-0.05, 0) is 17.7 Å². The Morgan fingerprint density at radius 3 is 2.00 bits per heavy atom. The fourth-order valence-electron chi connectivity index (χ4n) is 3.56. The van der Waals surface area contributed by atoms with Crippen molar-refractivity contribution in [3.05, 3.63) is 35.6 Å². The molecular formula is C14H17FN4. The van der Waals surface area contributed by atoms with Gasteiger partial charge in [-0.2, -0.15) is 0 Å². The van der Waals surface area contributed by atoms with Gasteiger partial charge >= 0.3 is 0 Å². The number of benzene rings is 1. The molecule has 0 radical (unpaired) electrons. The predicted molar refractivity (Wildman–Crippen MR) is 71.4 cm³/mol. The van der Waals surface area contributed by atoms with Crippen molar-refractivity contribution in [2.45, 2.75) is 5.54 Å². The van der Waals surface area contributed by atoms with Crippen LogP contribution in [0.3, 0.4) is 0 Å². The highest BCUT2D eigenvalue weighted by Crippen LogP contribution is 2.31. The van der Waals surface area contributed by atoms with Gasteiger partial charge in [0.05, 0.1) is 25.5 Å². The zero-order valence-corrected chi connectivity index (χ0v) is 10.8. The molecule has 0 amide bonds. The number of halogens is 1. The molecule has 0 unspecified atom stereocenters. The standard InChI is InChI=1S/C14H17FN4/c15-13-3-1-12(2-4-13)5-16-14-6-17-9-18(7-14)11-19(8-14)10-17/h1-5H,6-11H2. The Hall–Kier alpha value is -1.30. The maximum atomic E-state index is 12.9. The normalized spacial score (nSPS) is 40.2. The molecule has 100 valence electrons. The van der Waals surface area contributed by atoms with Crippen LogP contribution in [0.25, 0.3) is 0 Å². The Balaban J connectivity index is 1.57. The average Bonchev–Trinajstić information content (AvgIpc) is 2.36. The third-order valence-corrected chi connectivity index (χ3v) is 4.11. The molecule has 4 aliphatic rings. The van der Waals surface area contributed by atoms with E-state index in [2.05, 4.69) is 14.7 Å². The minimum Gasteiger partial charge on any atom is -0.282 e. The van der Waals surface area contributed by atoms with Crippen LogP contribution in [0.5, 0.6) is 0 Å². The van der Waals surface area contributed by atoms with Gasteiger partial charge in [0.1, 0.15) is 5.82 Å². The van der Waals surface area contributed by atoms with Crippen molar-refractivity contribution in [1.82, 2.24) is 14.7 Å². The molecule has 4 fully saturated rings. The largest absolute Gasteiger partial charge is 0.282 e. The van der Waals surface area contributed by atoms with Gasteiger partial charge in [-0.1, -0.05) is 12.1 Å². The van der Waals surface area contributed by atoms with E-state index in [4.69, 9.17) is 4.99 Å². The lowest BCUT2D eigenvalue weighted by Crippen LogP contribution is -2.75. The highest BCUT2D eigenvalue weighted by atomic mass is 19.1. The summed E-state index contributed by atoms with van der Waals surface area (Å²) in [5.74, 6) is -0.199. The highest BCUT2D eigenvalue weighted by Gasteiger charge is 2.48. The van der Waals surface area contributed by atoms with E-state index in [-0.39, 0.29) is 11.4 Å². The first-order valence-electron chi connectivity index (χ1n) is 6.69. The average molecular weight is 260 g/mol. The van der Waals surface area contributed by atoms with Gasteiger partial charge in [0.25, 0.3) is 0 Å². The second-order valence-corrected chi connectivity index (χ2v) is 5.95. The first kappa shape index (κ1) is 11.5. The van der Waals surface area contributed by atoms with Gasteiger partial charge in [-0.25, -0.2) is 4.39 Å². The summed E-state index contributed by atoms with van der Waals surface area (Å²) in [5, 5.41) is 0. The summed E-state index contributed by atoms with van der Waals surface area (Å²) >= 11 is 0. The molecule has 4 nitrogen and oxygen atoms in total. The SMILES string of the molecule is Fc1ccc(C=NC23CN4CN(CN(C4)C2)C3)cc1. The van der Waals surface area contributed by atoms with E-state index in [0.717, 1.165) is 45.2 Å². The highest BCUT2D eigenvalue weighted by molar-refractivity contribution is 5.79. The van der Waals surface area contributed by atoms with Gasteiger partial charge < -0.3 is 0 Å². The molecule has 5 heteroatoms. The summed E-state index contributed by atoms with van der Waals surface area (Å²) in [4.78, 5) is 12.2. The molecule has 0 N–H and O–H groups in total. The van der Waals surface area contributed by atoms with Crippen LogP contribution in [0.15, 0.2) is 29.3 Å². The molecule has 0 spiro atoms. The molecule has 0 saturated carbocycles. The minimum absolute atomic E-state index is 0.00311. The second-order valence-electron chi connectivity index (χ2n) is 5.95. The Labute approximate surface area is 112 Å². The molecule has 1 aromatic carbocycles. The summed E-state index contributed by atoms with van der Waals surface area (Å²) in [6.45, 7) is 6.34. The monoisotopic (exact) mass is 260 g/mol. The third kappa shape index (κ3) is 2.08. The fraction of sp³-hybridized carbons (Fsp3) is 0.500. The molecule has 4 heterocycles. The van der Waals surface area contributed by atoms with Crippen LogP contribution in [-0.2, 0) is 0 Å². The first-order valence-corrected chi connectivity index (χ1v) is 6.69. The molecule has 0 aromatic heterocycles. The molecule has 0 atom stereocenters. The van der Waals surface area contributed by atoms with Gasteiger partial charge in [-0.3, -0.25) is 19.7 Å². The zero-order valence-electron chi connectivity index (χ0n) is 10.8. The van der Waals surface area contributed by atoms with Crippen molar-refractivity contribution < 1.29 is 4.39 Å². The van der Waals surface area contributed by atoms with Gasteiger partial charge in [0, 0.05) is 25.8 Å². The molecule has 4 saturated heterocycles. The number of rotatable bonds is 2. The molecular weight excluding hydrogens is 243 g/mol. The zero-order chi connectivity index (χ0) is 12.9. The molecule has 19 heavy (non-hydrogen) atoms. The lowest BCUT2D eigenvalue weighted by molar-refractivity contribution is -0.139. The number of aliphatic imine (C=N–C) groups is 1. The Morgan fingerprint density at radius 2 is 1.47 bits per heavy atom. The summed E-state index contributed by atoms with van der Waals surface area (Å²) in [5.41, 5.74) is 0.973. The molecule has 4 bridgehead atoms. The van der Waals surface area contributed by atoms with Crippen LogP contribution in [0.1, 0.15) is 5.56 Å². The molecule has 0 aliphatic carbocycles. The molecule has 5 rings (SSSR count). The van der Waals surface area contributed by atoms with Crippen molar-refractivity contribution in [3.8, 4) is 0 Å². The Kier molecular flexibility index (Phi) is 2.48. The Morgan fingerprint density at radius 1 is 0.947 bits per heavy atom. The van der Waals surface area contributed by atoms with Crippen molar-refractivity contribution in [2.75, 3.05) is 39.6 Å². The first-order chi connectivity index (χ1) is 9.21. The van der Waals surface area contributed by atoms with E-state index in [1.165, 1.54) is 12.1 Å². The van der Waals surface area contributed by atoms with Crippen molar-refractivity contribution >= 4 is 6.21 Å². The van der Waals surface area contributed by atoms with Crippen LogP contribution in [0.2, 0.25) is 0 Å². The van der Waals surface area contributed by atoms with E-state index in [1.807, 2.05) is 6.21 Å². The summed E-state index contributed by atoms with van der Waals surface area (Å²) < 4.78 is 12.9. The number of hydrogen-bond acceptors (Lipinski definition) is 4. The smallest absolute Gasteiger partial charge is 0.123 e. The van der Waals surface area contributed by atoms with Crippen LogP contribution >= 0.6 is 0 Å². The van der Waals surface area contributed by atoms with E-state index < -0.39 is 0 Å². The van der Waals surface area contributed by atoms with E-state index in [1.54, 1.807) is 12.1 Å². The summed E-state index contributed by atoms with van der Waals surface area (Å²) in [7, 11) is 0. The molecule has 4 aliphatic heterocycles. The number of hydrogen-bond donors (Lipinski definition) is 0. The fourth-order valence-corrected chi connectivity index (χ4v) is 3.56. The van der Waals surface area contributed by atoms with E-state index >= 15 is 0 Å². The van der Waals surface area contributed by atoms with E-state index in [0.29, 0.717) is 0 Å². The van der Waals surface area contributed by atoms with Crippen molar-refractivity contribution in [3.63, 3.8) is 0 Å². The predicted octanol–water partition coefficient (Wildman–Crippen LogP) is 0.803. The summed E-state index contributed by atoms with van der Waals surface area (Å²) in [6, 6.07) is 6.52. The minimum atomic E-state index is -0.199.